The molecule has 188 valence electrons. The van der Waals surface area contributed by atoms with Crippen molar-refractivity contribution in [3.8, 4) is 0 Å². The molecule has 8 heteroatoms. The summed E-state index contributed by atoms with van der Waals surface area (Å²) < 4.78 is 16.6. The minimum absolute atomic E-state index is 0.104. The van der Waals surface area contributed by atoms with Crippen molar-refractivity contribution < 1.29 is 38.8 Å². The maximum absolute atomic E-state index is 12.7. The van der Waals surface area contributed by atoms with E-state index in [9.17, 15) is 24.6 Å². The number of cyclic esters (lactones) is 1. The Morgan fingerprint density at radius 1 is 1.24 bits per heavy atom. The van der Waals surface area contributed by atoms with E-state index in [0.29, 0.717) is 18.4 Å². The third-order valence-electron chi connectivity index (χ3n) is 8.03. The summed E-state index contributed by atoms with van der Waals surface area (Å²) in [7, 11) is 0. The van der Waals surface area contributed by atoms with Gasteiger partial charge < -0.3 is 24.4 Å². The molecule has 8 nitrogen and oxygen atoms in total. The first-order valence-electron chi connectivity index (χ1n) is 11.7. The van der Waals surface area contributed by atoms with Crippen molar-refractivity contribution in [2.24, 2.45) is 22.7 Å². The van der Waals surface area contributed by atoms with Crippen LogP contribution in [0.15, 0.2) is 36.0 Å². The Labute approximate surface area is 200 Å². The Bertz CT molecular complexity index is 944. The fourth-order valence-corrected chi connectivity index (χ4v) is 5.85. The lowest BCUT2D eigenvalue weighted by Crippen LogP contribution is -2.74. The Morgan fingerprint density at radius 3 is 2.41 bits per heavy atom. The molecule has 0 spiro atoms. The van der Waals surface area contributed by atoms with Gasteiger partial charge in [0.05, 0.1) is 12.0 Å². The van der Waals surface area contributed by atoms with E-state index in [1.54, 1.807) is 32.9 Å². The van der Waals surface area contributed by atoms with Crippen LogP contribution in [0.25, 0.3) is 0 Å². The number of rotatable bonds is 5. The van der Waals surface area contributed by atoms with Gasteiger partial charge in [-0.25, -0.2) is 4.79 Å². The standard InChI is InChI=1S/C26H36O8/c1-14(2)23(30)34-22-21(33-16(4)27)25(6)15(3)8-9-18(28)20(25)24(5,26(22,7)31)11-10-17-12-19(29)32-13-17/h10-12,14,18,20-22,28,31H,3,8-9,13H2,1-2,4-7H3/b11-10+/t18-,20-,21+,22+,24-,25+,26+/m1/s1. The molecule has 34 heavy (non-hydrogen) atoms. The summed E-state index contributed by atoms with van der Waals surface area (Å²) in [6.07, 6.45) is 2.56. The van der Waals surface area contributed by atoms with Crippen molar-refractivity contribution in [2.45, 2.75) is 78.3 Å². The third-order valence-corrected chi connectivity index (χ3v) is 8.03. The lowest BCUT2D eigenvalue weighted by atomic mass is 9.43. The van der Waals surface area contributed by atoms with Crippen LogP contribution in [0.4, 0.5) is 0 Å². The molecule has 7 atom stereocenters. The zero-order chi connectivity index (χ0) is 25.6. The second-order valence-corrected chi connectivity index (χ2v) is 10.6. The molecular formula is C26H36O8. The number of carbonyl (C=O) groups is 3. The molecule has 0 radical (unpaired) electrons. The van der Waals surface area contributed by atoms with E-state index in [-0.39, 0.29) is 6.61 Å². The first kappa shape index (κ1) is 26.2. The molecule has 0 unspecified atom stereocenters. The molecule has 0 amide bonds. The minimum Gasteiger partial charge on any atom is -0.458 e. The number of hydrogen-bond donors (Lipinski definition) is 2. The highest BCUT2D eigenvalue weighted by Gasteiger charge is 2.71. The van der Waals surface area contributed by atoms with Gasteiger partial charge in [0.1, 0.15) is 12.2 Å². The predicted molar refractivity (Wildman–Crippen MR) is 123 cm³/mol. The normalized spacial score (nSPS) is 40.1. The Hall–Kier alpha value is -2.45. The minimum atomic E-state index is -1.76. The largest absolute Gasteiger partial charge is 0.458 e. The van der Waals surface area contributed by atoms with E-state index in [1.165, 1.54) is 19.9 Å². The highest BCUT2D eigenvalue weighted by molar-refractivity contribution is 5.86. The number of esters is 3. The van der Waals surface area contributed by atoms with Crippen LogP contribution in [-0.4, -0.2) is 58.6 Å². The average molecular weight is 477 g/mol. The highest BCUT2D eigenvalue weighted by atomic mass is 16.6. The van der Waals surface area contributed by atoms with Gasteiger partial charge in [-0.3, -0.25) is 9.59 Å². The zero-order valence-corrected chi connectivity index (χ0v) is 20.8. The molecule has 2 saturated carbocycles. The fraction of sp³-hybridized carbons (Fsp3) is 0.654. The summed E-state index contributed by atoms with van der Waals surface area (Å²) in [6.45, 7) is 14.1. The van der Waals surface area contributed by atoms with Gasteiger partial charge in [-0.15, -0.1) is 0 Å². The van der Waals surface area contributed by atoms with Crippen LogP contribution in [0.3, 0.4) is 0 Å². The SMILES string of the molecule is C=C1CC[C@@H](O)[C@H]2[C@@]1(C)[C@@H](OC(C)=O)[C@H](OC(=O)C(C)C)[C@](C)(O)[C@]2(C)/C=C/C1=CC(=O)OC1. The van der Waals surface area contributed by atoms with Crippen LogP contribution in [-0.2, 0) is 28.6 Å². The van der Waals surface area contributed by atoms with Crippen molar-refractivity contribution in [1.29, 1.82) is 0 Å². The second kappa shape index (κ2) is 8.96. The Kier molecular flexibility index (Phi) is 6.90. The predicted octanol–water partition coefficient (Wildman–Crippen LogP) is 2.63. The van der Waals surface area contributed by atoms with Gasteiger partial charge >= 0.3 is 17.9 Å². The molecule has 0 aromatic carbocycles. The maximum atomic E-state index is 12.7. The summed E-state index contributed by atoms with van der Waals surface area (Å²) in [5.74, 6) is -2.70. The molecule has 0 bridgehead atoms. The molecule has 3 aliphatic rings. The molecule has 0 aromatic rings. The van der Waals surface area contributed by atoms with Crippen molar-refractivity contribution >= 4 is 17.9 Å². The van der Waals surface area contributed by atoms with Gasteiger partial charge in [0.15, 0.2) is 12.2 Å². The molecule has 0 aromatic heterocycles. The molecule has 1 aliphatic heterocycles. The first-order valence-corrected chi connectivity index (χ1v) is 11.7. The van der Waals surface area contributed by atoms with Gasteiger partial charge in [0, 0.05) is 29.7 Å². The van der Waals surface area contributed by atoms with Crippen LogP contribution in [0, 0.1) is 22.7 Å². The van der Waals surface area contributed by atoms with E-state index in [4.69, 9.17) is 14.2 Å². The topological polar surface area (TPSA) is 119 Å². The lowest BCUT2D eigenvalue weighted by Gasteiger charge is -2.65. The second-order valence-electron chi connectivity index (χ2n) is 10.6. The quantitative estimate of drug-likeness (QED) is 0.353. The number of ether oxygens (including phenoxy) is 3. The Morgan fingerprint density at radius 2 is 1.88 bits per heavy atom. The van der Waals surface area contributed by atoms with Gasteiger partial charge in [-0.05, 0) is 25.3 Å². The van der Waals surface area contributed by atoms with Crippen LogP contribution in [0.1, 0.15) is 54.4 Å². The van der Waals surface area contributed by atoms with E-state index < -0.39 is 64.5 Å². The van der Waals surface area contributed by atoms with Crippen LogP contribution in [0.5, 0.6) is 0 Å². The van der Waals surface area contributed by atoms with Crippen molar-refractivity contribution in [1.82, 2.24) is 0 Å². The fourth-order valence-electron chi connectivity index (χ4n) is 5.85. The maximum Gasteiger partial charge on any atom is 0.331 e. The number of fused-ring (bicyclic) bond motifs is 1. The molecule has 2 aliphatic carbocycles. The number of aliphatic hydroxyl groups excluding tert-OH is 1. The molecule has 1 heterocycles. The summed E-state index contributed by atoms with van der Waals surface area (Å²) in [4.78, 5) is 36.4. The molecule has 3 rings (SSSR count). The van der Waals surface area contributed by atoms with Gasteiger partial charge in [-0.2, -0.15) is 0 Å². The first-order chi connectivity index (χ1) is 15.7. The third kappa shape index (κ3) is 4.11. The van der Waals surface area contributed by atoms with E-state index in [0.717, 1.165) is 5.57 Å². The van der Waals surface area contributed by atoms with Crippen molar-refractivity contribution in [3.05, 3.63) is 36.0 Å². The number of carbonyl (C=O) groups excluding carboxylic acids is 3. The van der Waals surface area contributed by atoms with Gasteiger partial charge in [0.25, 0.3) is 0 Å². The highest BCUT2D eigenvalue weighted by Crippen LogP contribution is 2.64. The summed E-state index contributed by atoms with van der Waals surface area (Å²) in [5, 5.41) is 23.3. The van der Waals surface area contributed by atoms with Crippen molar-refractivity contribution in [2.75, 3.05) is 6.61 Å². The van der Waals surface area contributed by atoms with Crippen molar-refractivity contribution in [3.63, 3.8) is 0 Å². The monoisotopic (exact) mass is 476 g/mol. The van der Waals surface area contributed by atoms with Crippen LogP contribution >= 0.6 is 0 Å². The smallest absolute Gasteiger partial charge is 0.331 e. The van der Waals surface area contributed by atoms with E-state index in [2.05, 4.69) is 6.58 Å². The molecule has 2 N–H and O–H groups in total. The van der Waals surface area contributed by atoms with Crippen LogP contribution < -0.4 is 0 Å². The molecule has 2 fully saturated rings. The van der Waals surface area contributed by atoms with Gasteiger partial charge in [0.2, 0.25) is 0 Å². The van der Waals surface area contributed by atoms with E-state index in [1.807, 2.05) is 6.92 Å². The summed E-state index contributed by atoms with van der Waals surface area (Å²) >= 11 is 0. The summed E-state index contributed by atoms with van der Waals surface area (Å²) in [5.41, 5.74) is -2.58. The average Bonchev–Trinajstić information content (AvgIpc) is 3.15. The van der Waals surface area contributed by atoms with E-state index >= 15 is 0 Å². The molecule has 0 saturated heterocycles. The molecular weight excluding hydrogens is 440 g/mol. The lowest BCUT2D eigenvalue weighted by molar-refractivity contribution is -0.280. The van der Waals surface area contributed by atoms with Crippen LogP contribution in [0.2, 0.25) is 0 Å². The number of hydrogen-bond acceptors (Lipinski definition) is 8. The summed E-state index contributed by atoms with van der Waals surface area (Å²) in [6, 6.07) is 0. The Balaban J connectivity index is 2.23. The number of aliphatic hydroxyl groups is 2. The van der Waals surface area contributed by atoms with Gasteiger partial charge in [-0.1, -0.05) is 52.0 Å². The zero-order valence-electron chi connectivity index (χ0n) is 20.8.